The van der Waals surface area contributed by atoms with E-state index in [0.717, 1.165) is 38.3 Å². The van der Waals surface area contributed by atoms with Gasteiger partial charge in [-0.1, -0.05) is 25.1 Å². The number of hydrogen-bond acceptors (Lipinski definition) is 3. The molecule has 0 saturated carbocycles. The van der Waals surface area contributed by atoms with Gasteiger partial charge in [-0.3, -0.25) is 4.90 Å². The van der Waals surface area contributed by atoms with Crippen molar-refractivity contribution in [3.05, 3.63) is 29.3 Å². The van der Waals surface area contributed by atoms with Gasteiger partial charge in [0, 0.05) is 25.1 Å². The van der Waals surface area contributed by atoms with Crippen LogP contribution in [0, 0.1) is 5.41 Å². The molecular weight excluding hydrogens is 284 g/mol. The van der Waals surface area contributed by atoms with Crippen molar-refractivity contribution in [3.8, 4) is 5.75 Å². The lowest BCUT2D eigenvalue weighted by atomic mass is 9.90. The highest BCUT2D eigenvalue weighted by atomic mass is 35.5. The molecule has 1 aromatic carbocycles. The molecule has 1 fully saturated rings. The van der Waals surface area contributed by atoms with Crippen LogP contribution >= 0.6 is 12.4 Å². The van der Waals surface area contributed by atoms with Gasteiger partial charge in [0.15, 0.2) is 0 Å². The summed E-state index contributed by atoms with van der Waals surface area (Å²) in [6.07, 6.45) is 2.21. The number of fused-ring (bicyclic) bond motifs is 1. The fourth-order valence-electron chi connectivity index (χ4n) is 3.47. The van der Waals surface area contributed by atoms with Gasteiger partial charge in [-0.25, -0.2) is 0 Å². The van der Waals surface area contributed by atoms with Gasteiger partial charge in [0.25, 0.3) is 0 Å². The Morgan fingerprint density at radius 2 is 2.05 bits per heavy atom. The molecule has 0 bridgehead atoms. The maximum Gasteiger partial charge on any atom is 0.127 e. The van der Waals surface area contributed by atoms with Crippen LogP contribution in [0.15, 0.2) is 18.2 Å². The Labute approximate surface area is 134 Å². The van der Waals surface area contributed by atoms with Gasteiger partial charge in [-0.15, -0.1) is 12.4 Å². The van der Waals surface area contributed by atoms with Crippen LogP contribution in [0.3, 0.4) is 0 Å². The molecule has 0 amide bonds. The third kappa shape index (κ3) is 3.36. The first kappa shape index (κ1) is 16.6. The normalized spacial score (nSPS) is 27.0. The molecule has 3 nitrogen and oxygen atoms in total. The van der Waals surface area contributed by atoms with E-state index in [1.165, 1.54) is 17.5 Å². The lowest BCUT2D eigenvalue weighted by molar-refractivity contribution is 0.135. The minimum atomic E-state index is -0.0603. The molecule has 1 saturated heterocycles. The number of rotatable bonds is 3. The molecular formula is C17H27ClN2O. The van der Waals surface area contributed by atoms with Crippen LogP contribution in [0.2, 0.25) is 0 Å². The number of halogens is 1. The Hall–Kier alpha value is -0.770. The van der Waals surface area contributed by atoms with Crippen LogP contribution in [0.1, 0.15) is 38.3 Å². The molecule has 2 heterocycles. The zero-order chi connectivity index (χ0) is 14.4. The molecule has 0 radical (unpaired) electrons. The smallest absolute Gasteiger partial charge is 0.127 e. The number of nitrogens with two attached hydrogens (primary N) is 1. The third-order valence-electron chi connectivity index (χ3n) is 4.70. The van der Waals surface area contributed by atoms with Crippen LogP contribution in [0.25, 0.3) is 0 Å². The highest BCUT2D eigenvalue weighted by Gasteiger charge is 2.35. The summed E-state index contributed by atoms with van der Waals surface area (Å²) in [5, 5.41) is 0. The number of ether oxygens (including phenoxy) is 1. The standard InChI is InChI=1S/C17H26N2O.ClH/c1-16(2)9-13-5-4-6-14(15(13)20-16)10-19-8-7-17(3,11-18)12-19;/h4-6H,7-12,18H2,1-3H3;1H. The number of likely N-dealkylation sites (tertiary alicyclic amines) is 1. The van der Waals surface area contributed by atoms with E-state index in [-0.39, 0.29) is 23.4 Å². The van der Waals surface area contributed by atoms with Crippen LogP contribution in [0.4, 0.5) is 0 Å². The first-order chi connectivity index (χ1) is 9.41. The summed E-state index contributed by atoms with van der Waals surface area (Å²) in [6.45, 7) is 10.6. The van der Waals surface area contributed by atoms with E-state index in [1.807, 2.05) is 0 Å². The van der Waals surface area contributed by atoms with E-state index >= 15 is 0 Å². The van der Waals surface area contributed by atoms with Gasteiger partial charge in [-0.05, 0) is 44.3 Å². The van der Waals surface area contributed by atoms with Crippen LogP contribution < -0.4 is 10.5 Å². The summed E-state index contributed by atoms with van der Waals surface area (Å²) in [5.41, 5.74) is 8.81. The lowest BCUT2D eigenvalue weighted by Gasteiger charge is -2.23. The molecule has 1 atom stereocenters. The summed E-state index contributed by atoms with van der Waals surface area (Å²) in [6, 6.07) is 6.57. The average Bonchev–Trinajstić information content (AvgIpc) is 2.90. The highest BCUT2D eigenvalue weighted by Crippen LogP contribution is 2.39. The van der Waals surface area contributed by atoms with E-state index in [1.54, 1.807) is 0 Å². The Kier molecular flexibility index (Phi) is 4.57. The Bertz CT molecular complexity index is 518. The van der Waals surface area contributed by atoms with E-state index in [9.17, 15) is 0 Å². The topological polar surface area (TPSA) is 38.5 Å². The first-order valence-corrected chi connectivity index (χ1v) is 7.63. The van der Waals surface area contributed by atoms with Gasteiger partial charge in [0.1, 0.15) is 11.4 Å². The van der Waals surface area contributed by atoms with Gasteiger partial charge < -0.3 is 10.5 Å². The third-order valence-corrected chi connectivity index (χ3v) is 4.70. The van der Waals surface area contributed by atoms with E-state index in [0.29, 0.717) is 0 Å². The molecule has 2 aliphatic heterocycles. The quantitative estimate of drug-likeness (QED) is 0.933. The summed E-state index contributed by atoms with van der Waals surface area (Å²) in [7, 11) is 0. The van der Waals surface area contributed by atoms with Crippen molar-refractivity contribution in [2.45, 2.75) is 45.8 Å². The van der Waals surface area contributed by atoms with Crippen LogP contribution in [-0.4, -0.2) is 30.1 Å². The van der Waals surface area contributed by atoms with Crippen LogP contribution in [-0.2, 0) is 13.0 Å². The fraction of sp³-hybridized carbons (Fsp3) is 0.647. The van der Waals surface area contributed by atoms with Crippen molar-refractivity contribution in [2.75, 3.05) is 19.6 Å². The molecule has 118 valence electrons. The second kappa shape index (κ2) is 5.79. The summed E-state index contributed by atoms with van der Waals surface area (Å²) in [5.74, 6) is 1.12. The molecule has 3 rings (SSSR count). The monoisotopic (exact) mass is 310 g/mol. The van der Waals surface area contributed by atoms with Gasteiger partial charge >= 0.3 is 0 Å². The molecule has 0 aromatic heterocycles. The van der Waals surface area contributed by atoms with Crippen molar-refractivity contribution in [1.82, 2.24) is 4.90 Å². The predicted molar refractivity (Wildman–Crippen MR) is 89.2 cm³/mol. The molecule has 21 heavy (non-hydrogen) atoms. The predicted octanol–water partition coefficient (Wildman–Crippen LogP) is 2.99. The fourth-order valence-corrected chi connectivity index (χ4v) is 3.47. The van der Waals surface area contributed by atoms with Crippen molar-refractivity contribution < 1.29 is 4.74 Å². The maximum absolute atomic E-state index is 6.16. The van der Waals surface area contributed by atoms with Crippen molar-refractivity contribution in [2.24, 2.45) is 11.1 Å². The molecule has 2 aliphatic rings. The summed E-state index contributed by atoms with van der Waals surface area (Å²) < 4.78 is 6.16. The first-order valence-electron chi connectivity index (χ1n) is 7.63. The molecule has 1 aromatic rings. The van der Waals surface area contributed by atoms with Gasteiger partial charge in [-0.2, -0.15) is 0 Å². The zero-order valence-corrected chi connectivity index (χ0v) is 14.1. The van der Waals surface area contributed by atoms with E-state index in [2.05, 4.69) is 43.9 Å². The number of para-hydroxylation sites is 1. The molecule has 2 N–H and O–H groups in total. The molecule has 4 heteroatoms. The Morgan fingerprint density at radius 3 is 2.71 bits per heavy atom. The van der Waals surface area contributed by atoms with Gasteiger partial charge in [0.05, 0.1) is 0 Å². The molecule has 0 aliphatic carbocycles. The summed E-state index contributed by atoms with van der Waals surface area (Å²) >= 11 is 0. The largest absolute Gasteiger partial charge is 0.487 e. The maximum atomic E-state index is 6.16. The Morgan fingerprint density at radius 1 is 1.29 bits per heavy atom. The number of nitrogens with zero attached hydrogens (tertiary/aromatic N) is 1. The average molecular weight is 311 g/mol. The van der Waals surface area contributed by atoms with Crippen molar-refractivity contribution in [3.63, 3.8) is 0 Å². The summed E-state index contributed by atoms with van der Waals surface area (Å²) in [4.78, 5) is 2.51. The molecule has 1 unspecified atom stereocenters. The zero-order valence-electron chi connectivity index (χ0n) is 13.3. The second-order valence-corrected chi connectivity index (χ2v) is 7.42. The second-order valence-electron chi connectivity index (χ2n) is 7.42. The molecule has 0 spiro atoms. The highest BCUT2D eigenvalue weighted by molar-refractivity contribution is 5.85. The van der Waals surface area contributed by atoms with Crippen molar-refractivity contribution in [1.29, 1.82) is 0 Å². The minimum Gasteiger partial charge on any atom is -0.487 e. The number of hydrogen-bond donors (Lipinski definition) is 1. The van der Waals surface area contributed by atoms with Gasteiger partial charge in [0.2, 0.25) is 0 Å². The number of benzene rings is 1. The van der Waals surface area contributed by atoms with E-state index < -0.39 is 0 Å². The lowest BCUT2D eigenvalue weighted by Crippen LogP contribution is -2.31. The van der Waals surface area contributed by atoms with E-state index in [4.69, 9.17) is 10.5 Å². The minimum absolute atomic E-state index is 0. The van der Waals surface area contributed by atoms with Crippen LogP contribution in [0.5, 0.6) is 5.75 Å². The Balaban J connectivity index is 0.00000161. The SMILES string of the molecule is CC1(CN)CCN(Cc2cccc3c2OC(C)(C)C3)C1.Cl. The van der Waals surface area contributed by atoms with Crippen molar-refractivity contribution >= 4 is 12.4 Å².